The molecule has 0 unspecified atom stereocenters. The van der Waals surface area contributed by atoms with Crippen LogP contribution < -0.4 is 10.1 Å². The minimum atomic E-state index is -3.05. The van der Waals surface area contributed by atoms with Gasteiger partial charge in [-0.25, -0.2) is 8.42 Å². The minimum absolute atomic E-state index is 0.0394. The molecule has 1 atom stereocenters. The number of sulfone groups is 1. The average Bonchev–Trinajstić information content (AvgIpc) is 3.30. The molecular weight excluding hydrogens is 344 g/mol. The maximum absolute atomic E-state index is 12.6. The Morgan fingerprint density at radius 1 is 1.20 bits per heavy atom. The van der Waals surface area contributed by atoms with Crippen molar-refractivity contribution in [1.29, 1.82) is 0 Å². The number of carbonyl (C=O) groups is 2. The van der Waals surface area contributed by atoms with Gasteiger partial charge in [-0.2, -0.15) is 0 Å². The summed E-state index contributed by atoms with van der Waals surface area (Å²) in [6.45, 7) is 1.22. The van der Waals surface area contributed by atoms with Gasteiger partial charge in [0.05, 0.1) is 17.2 Å². The fourth-order valence-corrected chi connectivity index (χ4v) is 4.86. The van der Waals surface area contributed by atoms with E-state index in [1.165, 1.54) is 6.92 Å². The Morgan fingerprint density at radius 2 is 1.92 bits per heavy atom. The van der Waals surface area contributed by atoms with Gasteiger partial charge in [0, 0.05) is 19.0 Å². The summed E-state index contributed by atoms with van der Waals surface area (Å²) in [6.07, 6.45) is 2.31. The van der Waals surface area contributed by atoms with Crippen LogP contribution in [0.3, 0.4) is 0 Å². The third-order valence-electron chi connectivity index (χ3n) is 4.38. The molecule has 1 heterocycles. The van der Waals surface area contributed by atoms with E-state index in [-0.39, 0.29) is 42.0 Å². The maximum Gasteiger partial charge on any atom is 0.261 e. The van der Waals surface area contributed by atoms with Crippen molar-refractivity contribution < 1.29 is 22.7 Å². The summed E-state index contributed by atoms with van der Waals surface area (Å²) >= 11 is 0. The van der Waals surface area contributed by atoms with Crippen LogP contribution in [0.2, 0.25) is 0 Å². The Kier molecular flexibility index (Phi) is 4.99. The molecule has 3 rings (SSSR count). The molecule has 1 aliphatic carbocycles. The van der Waals surface area contributed by atoms with Crippen LogP contribution in [0.1, 0.15) is 26.2 Å². The molecule has 0 bridgehead atoms. The van der Waals surface area contributed by atoms with E-state index in [9.17, 15) is 18.0 Å². The molecule has 2 amide bonds. The van der Waals surface area contributed by atoms with Crippen molar-refractivity contribution in [3.63, 3.8) is 0 Å². The quantitative estimate of drug-likeness (QED) is 0.817. The number of carbonyl (C=O) groups excluding carboxylic acids is 2. The predicted octanol–water partition coefficient (Wildman–Crippen LogP) is 1.20. The van der Waals surface area contributed by atoms with Gasteiger partial charge in [-0.05, 0) is 31.4 Å². The minimum Gasteiger partial charge on any atom is -0.482 e. The van der Waals surface area contributed by atoms with Gasteiger partial charge in [-0.15, -0.1) is 0 Å². The summed E-state index contributed by atoms with van der Waals surface area (Å²) in [5.41, 5.74) is 0.504. The van der Waals surface area contributed by atoms with Crippen LogP contribution in [0.25, 0.3) is 0 Å². The van der Waals surface area contributed by atoms with E-state index in [1.807, 2.05) is 0 Å². The van der Waals surface area contributed by atoms with Crippen LogP contribution in [0, 0.1) is 0 Å². The number of benzene rings is 1. The number of amides is 2. The summed E-state index contributed by atoms with van der Waals surface area (Å²) in [4.78, 5) is 25.6. The van der Waals surface area contributed by atoms with E-state index in [2.05, 4.69) is 5.32 Å². The summed E-state index contributed by atoms with van der Waals surface area (Å²) in [6, 6.07) is 6.77. The predicted molar refractivity (Wildman–Crippen MR) is 93.2 cm³/mol. The fraction of sp³-hybridized carbons (Fsp3) is 0.529. The lowest BCUT2D eigenvalue weighted by atomic mass is 10.2. The van der Waals surface area contributed by atoms with Crippen LogP contribution in [-0.4, -0.2) is 55.3 Å². The Balaban J connectivity index is 1.66. The molecule has 7 nitrogen and oxygen atoms in total. The monoisotopic (exact) mass is 366 g/mol. The van der Waals surface area contributed by atoms with Gasteiger partial charge < -0.3 is 15.0 Å². The summed E-state index contributed by atoms with van der Waals surface area (Å²) < 4.78 is 29.1. The molecule has 25 heavy (non-hydrogen) atoms. The van der Waals surface area contributed by atoms with Gasteiger partial charge in [0.1, 0.15) is 5.75 Å². The van der Waals surface area contributed by atoms with Crippen molar-refractivity contribution in [2.45, 2.75) is 38.3 Å². The van der Waals surface area contributed by atoms with Gasteiger partial charge in [0.2, 0.25) is 5.91 Å². The number of hydrogen-bond acceptors (Lipinski definition) is 5. The largest absolute Gasteiger partial charge is 0.482 e. The number of nitrogens with one attached hydrogen (secondary N) is 1. The molecule has 1 aliphatic heterocycles. The van der Waals surface area contributed by atoms with Gasteiger partial charge in [-0.3, -0.25) is 9.59 Å². The maximum atomic E-state index is 12.6. The third kappa shape index (κ3) is 4.50. The molecule has 2 aliphatic rings. The zero-order valence-corrected chi connectivity index (χ0v) is 14.9. The highest BCUT2D eigenvalue weighted by Gasteiger charge is 2.42. The van der Waals surface area contributed by atoms with E-state index < -0.39 is 9.84 Å². The number of nitrogens with zero attached hydrogens (tertiary/aromatic N) is 1. The number of hydrogen-bond donors (Lipinski definition) is 1. The first-order valence-electron chi connectivity index (χ1n) is 8.37. The van der Waals surface area contributed by atoms with Gasteiger partial charge >= 0.3 is 0 Å². The molecule has 1 saturated carbocycles. The van der Waals surface area contributed by atoms with E-state index in [0.29, 0.717) is 17.9 Å². The van der Waals surface area contributed by atoms with Gasteiger partial charge in [-0.1, -0.05) is 12.1 Å². The summed E-state index contributed by atoms with van der Waals surface area (Å²) in [5, 5.41) is 2.66. The van der Waals surface area contributed by atoms with E-state index in [4.69, 9.17) is 4.74 Å². The Labute approximate surface area is 147 Å². The molecule has 0 aromatic heterocycles. The van der Waals surface area contributed by atoms with Crippen LogP contribution in [0.4, 0.5) is 5.69 Å². The standard InChI is InChI=1S/C17H22N2O5S/c1-12(20)18-15-4-2-3-5-16(15)24-10-17(21)19(13-6-7-13)14-8-9-25(22,23)11-14/h2-5,13-14H,6-11H2,1H3,(H,18,20)/t14-/m1/s1. The topological polar surface area (TPSA) is 92.8 Å². The molecule has 8 heteroatoms. The van der Waals surface area contributed by atoms with Crippen LogP contribution in [-0.2, 0) is 19.4 Å². The average molecular weight is 366 g/mol. The first-order valence-corrected chi connectivity index (χ1v) is 10.2. The molecule has 0 spiro atoms. The van der Waals surface area contributed by atoms with E-state index in [1.54, 1.807) is 29.2 Å². The Bertz CT molecular complexity index is 773. The number of ether oxygens (including phenoxy) is 1. The molecule has 2 fully saturated rings. The smallest absolute Gasteiger partial charge is 0.261 e. The lowest BCUT2D eigenvalue weighted by Gasteiger charge is -2.28. The van der Waals surface area contributed by atoms with Crippen molar-refractivity contribution >= 4 is 27.3 Å². The first kappa shape index (κ1) is 17.7. The van der Waals surface area contributed by atoms with Crippen molar-refractivity contribution in [3.05, 3.63) is 24.3 Å². The lowest BCUT2D eigenvalue weighted by molar-refractivity contribution is -0.135. The highest BCUT2D eigenvalue weighted by Crippen LogP contribution is 2.32. The first-order chi connectivity index (χ1) is 11.9. The fourth-order valence-electron chi connectivity index (χ4n) is 3.15. The lowest BCUT2D eigenvalue weighted by Crippen LogP contribution is -2.45. The highest BCUT2D eigenvalue weighted by atomic mass is 32.2. The second kappa shape index (κ2) is 7.03. The zero-order chi connectivity index (χ0) is 18.0. The second-order valence-electron chi connectivity index (χ2n) is 6.56. The number of para-hydroxylation sites is 2. The molecule has 1 aromatic carbocycles. The second-order valence-corrected chi connectivity index (χ2v) is 8.78. The molecule has 0 radical (unpaired) electrons. The van der Waals surface area contributed by atoms with Gasteiger partial charge in [0.25, 0.3) is 5.91 Å². The van der Waals surface area contributed by atoms with Crippen molar-refractivity contribution in [3.8, 4) is 5.75 Å². The SMILES string of the molecule is CC(=O)Nc1ccccc1OCC(=O)N(C1CC1)[C@@H]1CCS(=O)(=O)C1. The summed E-state index contributed by atoms with van der Waals surface area (Å²) in [7, 11) is -3.05. The number of rotatable bonds is 6. The van der Waals surface area contributed by atoms with Crippen molar-refractivity contribution in [1.82, 2.24) is 4.90 Å². The van der Waals surface area contributed by atoms with E-state index >= 15 is 0 Å². The zero-order valence-electron chi connectivity index (χ0n) is 14.1. The summed E-state index contributed by atoms with van der Waals surface area (Å²) in [5.74, 6) is 0.166. The molecular formula is C17H22N2O5S. The van der Waals surface area contributed by atoms with E-state index in [0.717, 1.165) is 12.8 Å². The normalized spacial score (nSPS) is 21.6. The van der Waals surface area contributed by atoms with Crippen LogP contribution >= 0.6 is 0 Å². The van der Waals surface area contributed by atoms with Crippen LogP contribution in [0.5, 0.6) is 5.75 Å². The highest BCUT2D eigenvalue weighted by molar-refractivity contribution is 7.91. The third-order valence-corrected chi connectivity index (χ3v) is 6.13. The van der Waals surface area contributed by atoms with Crippen molar-refractivity contribution in [2.24, 2.45) is 0 Å². The molecule has 1 aromatic rings. The van der Waals surface area contributed by atoms with Gasteiger partial charge in [0.15, 0.2) is 16.4 Å². The Hall–Kier alpha value is -2.09. The number of anilines is 1. The molecule has 136 valence electrons. The Morgan fingerprint density at radius 3 is 2.52 bits per heavy atom. The van der Waals surface area contributed by atoms with Crippen molar-refractivity contribution in [2.75, 3.05) is 23.4 Å². The molecule has 1 saturated heterocycles. The van der Waals surface area contributed by atoms with Crippen LogP contribution in [0.15, 0.2) is 24.3 Å². The molecule has 1 N–H and O–H groups in total.